The third kappa shape index (κ3) is 8.46. The van der Waals surface area contributed by atoms with Crippen molar-refractivity contribution in [1.29, 1.82) is 0 Å². The number of halogens is 6. The molecule has 0 bridgehead atoms. The number of ether oxygens (including phenoxy) is 1. The van der Waals surface area contributed by atoms with Gasteiger partial charge in [0.2, 0.25) is 0 Å². The van der Waals surface area contributed by atoms with Crippen LogP contribution in [0.5, 0.6) is 5.75 Å². The number of pyridine rings is 1. The van der Waals surface area contributed by atoms with E-state index in [4.69, 9.17) is 4.74 Å². The first kappa shape index (κ1) is 34.1. The van der Waals surface area contributed by atoms with Gasteiger partial charge in [-0.2, -0.15) is 0 Å². The average molecular weight is 617 g/mol. The second-order valence-electron chi connectivity index (χ2n) is 9.69. The van der Waals surface area contributed by atoms with Crippen molar-refractivity contribution >= 4 is 41.7 Å². The lowest BCUT2D eigenvalue weighted by Crippen LogP contribution is -2.41. The number of aliphatic carboxylic acids is 1. The second kappa shape index (κ2) is 15.2. The van der Waals surface area contributed by atoms with Crippen molar-refractivity contribution < 1.29 is 37.3 Å². The number of likely N-dealkylation sites (tertiary alicyclic amines) is 1. The monoisotopic (exact) mass is 616 g/mol. The highest BCUT2D eigenvalue weighted by molar-refractivity contribution is 5.86. The number of rotatable bonds is 8. The summed E-state index contributed by atoms with van der Waals surface area (Å²) in [6, 6.07) is 6.28. The Morgan fingerprint density at radius 1 is 1.15 bits per heavy atom. The Balaban J connectivity index is 0.00000294. The summed E-state index contributed by atoms with van der Waals surface area (Å²) < 4.78 is 60.6. The number of hydrogen-bond acceptors (Lipinski definition) is 5. The van der Waals surface area contributed by atoms with E-state index in [1.54, 1.807) is 18.2 Å². The molecule has 0 radical (unpaired) electrons. The first-order valence-corrected chi connectivity index (χ1v) is 12.5. The number of methoxy groups -OCH3 is 1. The number of carboxylic acids is 1. The minimum Gasteiger partial charge on any atom is -0.497 e. The summed E-state index contributed by atoms with van der Waals surface area (Å²) in [5, 5.41) is 20.9. The van der Waals surface area contributed by atoms with E-state index >= 15 is 0 Å². The molecule has 3 aromatic rings. The van der Waals surface area contributed by atoms with E-state index in [0.717, 1.165) is 12.3 Å². The molecule has 3 unspecified atom stereocenters. The summed E-state index contributed by atoms with van der Waals surface area (Å²) in [4.78, 5) is 17.5. The van der Waals surface area contributed by atoms with Crippen LogP contribution in [0.2, 0.25) is 0 Å². The molecule has 3 atom stereocenters. The summed E-state index contributed by atoms with van der Waals surface area (Å²) >= 11 is 0. The van der Waals surface area contributed by atoms with Crippen LogP contribution in [0.3, 0.4) is 0 Å². The number of aliphatic hydroxyl groups is 1. The van der Waals surface area contributed by atoms with E-state index in [9.17, 15) is 32.6 Å². The Labute approximate surface area is 247 Å². The molecule has 1 aliphatic rings. The third-order valence-electron chi connectivity index (χ3n) is 7.14. The van der Waals surface area contributed by atoms with E-state index in [-0.39, 0.29) is 67.2 Å². The molecule has 0 aliphatic carbocycles. The molecule has 2 heterocycles. The number of benzene rings is 2. The lowest BCUT2D eigenvalue weighted by atomic mass is 9.79. The van der Waals surface area contributed by atoms with Gasteiger partial charge < -0.3 is 14.9 Å². The highest BCUT2D eigenvalue weighted by Gasteiger charge is 2.31. The fourth-order valence-electron chi connectivity index (χ4n) is 5.18. The van der Waals surface area contributed by atoms with Crippen molar-refractivity contribution in [1.82, 2.24) is 9.88 Å². The molecular weight excluding hydrogens is 587 g/mol. The van der Waals surface area contributed by atoms with Gasteiger partial charge in [-0.15, -0.1) is 24.8 Å². The molecule has 41 heavy (non-hydrogen) atoms. The molecule has 1 aliphatic heterocycles. The summed E-state index contributed by atoms with van der Waals surface area (Å²) in [5.41, 5.74) is 0.264. The summed E-state index contributed by atoms with van der Waals surface area (Å²) in [6.45, 7) is 1.12. The molecule has 0 spiro atoms. The Bertz CT molecular complexity index is 1430. The molecule has 4 rings (SSSR count). The molecule has 6 nitrogen and oxygen atoms in total. The van der Waals surface area contributed by atoms with Gasteiger partial charge in [-0.3, -0.25) is 14.7 Å². The van der Waals surface area contributed by atoms with Crippen molar-refractivity contribution in [3.8, 4) is 17.6 Å². The van der Waals surface area contributed by atoms with E-state index in [2.05, 4.69) is 16.8 Å². The maximum Gasteiger partial charge on any atom is 0.303 e. The van der Waals surface area contributed by atoms with Crippen LogP contribution in [0.15, 0.2) is 36.5 Å². The van der Waals surface area contributed by atoms with Crippen LogP contribution < -0.4 is 4.74 Å². The molecule has 0 amide bonds. The highest BCUT2D eigenvalue weighted by Crippen LogP contribution is 2.35. The summed E-state index contributed by atoms with van der Waals surface area (Å²) in [6.07, 6.45) is 1.15. The molecular formula is C29H30Cl2F4N2O4. The topological polar surface area (TPSA) is 82.9 Å². The first-order chi connectivity index (χ1) is 18.7. The normalized spacial score (nSPS) is 17.5. The minimum atomic E-state index is -1.32. The van der Waals surface area contributed by atoms with Crippen molar-refractivity contribution in [2.45, 2.75) is 31.8 Å². The van der Waals surface area contributed by atoms with Crippen molar-refractivity contribution in [2.75, 3.05) is 26.7 Å². The van der Waals surface area contributed by atoms with Crippen LogP contribution >= 0.6 is 24.8 Å². The minimum absolute atomic E-state index is 0. The lowest BCUT2D eigenvalue weighted by Gasteiger charge is -2.37. The fraction of sp³-hybridized carbons (Fsp3) is 0.379. The van der Waals surface area contributed by atoms with Crippen LogP contribution in [0.25, 0.3) is 10.9 Å². The Morgan fingerprint density at radius 2 is 1.90 bits per heavy atom. The van der Waals surface area contributed by atoms with Crippen LogP contribution in [-0.2, 0) is 4.79 Å². The van der Waals surface area contributed by atoms with Crippen LogP contribution in [0.4, 0.5) is 17.6 Å². The Kier molecular flexibility index (Phi) is 12.7. The summed E-state index contributed by atoms with van der Waals surface area (Å²) in [5.74, 6) is 0.312. The van der Waals surface area contributed by atoms with Crippen LogP contribution in [0, 0.1) is 46.9 Å². The number of piperidine rings is 1. The van der Waals surface area contributed by atoms with E-state index in [1.807, 2.05) is 4.90 Å². The molecule has 222 valence electrons. The van der Waals surface area contributed by atoms with Gasteiger partial charge in [-0.1, -0.05) is 11.8 Å². The first-order valence-electron chi connectivity index (χ1n) is 12.5. The number of carbonyl (C=O) groups is 1. The zero-order chi connectivity index (χ0) is 28.1. The van der Waals surface area contributed by atoms with Crippen molar-refractivity contribution in [2.24, 2.45) is 11.8 Å². The van der Waals surface area contributed by atoms with Crippen LogP contribution in [0.1, 0.15) is 42.9 Å². The average Bonchev–Trinajstić information content (AvgIpc) is 2.90. The van der Waals surface area contributed by atoms with E-state index < -0.39 is 35.3 Å². The maximum atomic E-state index is 14.8. The Hall–Kier alpha value is -3.10. The second-order valence-corrected chi connectivity index (χ2v) is 9.69. The predicted molar refractivity (Wildman–Crippen MR) is 150 cm³/mol. The third-order valence-corrected chi connectivity index (χ3v) is 7.14. The Morgan fingerprint density at radius 3 is 2.61 bits per heavy atom. The van der Waals surface area contributed by atoms with Gasteiger partial charge in [-0.25, -0.2) is 17.6 Å². The smallest absolute Gasteiger partial charge is 0.303 e. The SMILES string of the molecule is COc1ccc2ncc(F)c(C(O)CCC3CCN(CC#Cc4cc(F)cc(F)c4F)CC3CC(=O)O)c2c1.Cl.Cl. The largest absolute Gasteiger partial charge is 0.497 e. The highest BCUT2D eigenvalue weighted by atomic mass is 35.5. The van der Waals surface area contributed by atoms with Crippen molar-refractivity contribution in [3.05, 3.63) is 70.9 Å². The van der Waals surface area contributed by atoms with E-state index in [1.165, 1.54) is 7.11 Å². The molecule has 2 aromatic carbocycles. The standard InChI is InChI=1S/C29H28F4N2O4.2ClH/c1-39-21-5-6-25-22(14-21)28(24(32)15-34-25)26(36)7-4-17-8-10-35(16-19(17)12-27(37)38)9-2-3-18-11-20(30)13-23(31)29(18)33;;/h5-6,11,13-15,17,19,26,36H,4,7-10,12,16H2,1H3,(H,37,38);2*1H. The zero-order valence-electron chi connectivity index (χ0n) is 22.1. The zero-order valence-corrected chi connectivity index (χ0v) is 23.7. The number of aromatic nitrogens is 1. The van der Waals surface area contributed by atoms with Gasteiger partial charge in [0.1, 0.15) is 17.4 Å². The van der Waals surface area contributed by atoms with Gasteiger partial charge in [0, 0.05) is 30.0 Å². The van der Waals surface area contributed by atoms with Crippen LogP contribution in [-0.4, -0.2) is 52.8 Å². The number of nitrogens with zero attached hydrogens (tertiary/aromatic N) is 2. The van der Waals surface area contributed by atoms with E-state index in [0.29, 0.717) is 48.6 Å². The number of carboxylic acid groups (broad SMARTS) is 1. The molecule has 1 saturated heterocycles. The van der Waals surface area contributed by atoms with Gasteiger partial charge in [0.25, 0.3) is 0 Å². The van der Waals surface area contributed by atoms with Gasteiger partial charge in [-0.05, 0) is 61.9 Å². The maximum absolute atomic E-state index is 14.8. The van der Waals surface area contributed by atoms with Gasteiger partial charge in [0.15, 0.2) is 11.6 Å². The molecule has 0 saturated carbocycles. The van der Waals surface area contributed by atoms with Gasteiger partial charge >= 0.3 is 5.97 Å². The lowest BCUT2D eigenvalue weighted by molar-refractivity contribution is -0.139. The molecule has 12 heteroatoms. The quantitative estimate of drug-likeness (QED) is 0.186. The molecule has 1 aromatic heterocycles. The number of fused-ring (bicyclic) bond motifs is 1. The summed E-state index contributed by atoms with van der Waals surface area (Å²) in [7, 11) is 1.49. The molecule has 1 fully saturated rings. The molecule has 2 N–H and O–H groups in total. The predicted octanol–water partition coefficient (Wildman–Crippen LogP) is 5.92. The van der Waals surface area contributed by atoms with Crippen molar-refractivity contribution in [3.63, 3.8) is 0 Å². The number of aliphatic hydroxyl groups excluding tert-OH is 1. The number of hydrogen-bond donors (Lipinski definition) is 2. The van der Waals surface area contributed by atoms with Gasteiger partial charge in [0.05, 0.1) is 37.0 Å². The fourth-order valence-corrected chi connectivity index (χ4v) is 5.18.